The summed E-state index contributed by atoms with van der Waals surface area (Å²) >= 11 is 0. The van der Waals surface area contributed by atoms with Gasteiger partial charge in [0.1, 0.15) is 18.0 Å². The maximum Gasteiger partial charge on any atom is 0.244 e. The Labute approximate surface area is 174 Å². The van der Waals surface area contributed by atoms with Crippen LogP contribution < -0.4 is 4.74 Å². The Kier molecular flexibility index (Phi) is 7.44. The first-order chi connectivity index (χ1) is 13.6. The van der Waals surface area contributed by atoms with E-state index in [1.165, 1.54) is 0 Å². The van der Waals surface area contributed by atoms with E-state index < -0.39 is 0 Å². The summed E-state index contributed by atoms with van der Waals surface area (Å²) in [4.78, 5) is 27.6. The van der Waals surface area contributed by atoms with Crippen molar-refractivity contribution in [3.05, 3.63) is 23.9 Å². The molecule has 0 radical (unpaired) electrons. The van der Waals surface area contributed by atoms with E-state index in [9.17, 15) is 9.59 Å². The van der Waals surface area contributed by atoms with Gasteiger partial charge in [-0.15, -0.1) is 0 Å². The maximum atomic E-state index is 13.1. The quantitative estimate of drug-likeness (QED) is 0.578. The van der Waals surface area contributed by atoms with Gasteiger partial charge in [-0.1, -0.05) is 41.5 Å². The zero-order valence-corrected chi connectivity index (χ0v) is 18.9. The molecule has 0 atom stereocenters. The summed E-state index contributed by atoms with van der Waals surface area (Å²) in [6.45, 7) is 13.9. The fourth-order valence-electron chi connectivity index (χ4n) is 3.19. The molecule has 1 amide bonds. The molecule has 0 unspecified atom stereocenters. The molecule has 0 fully saturated rings. The fourth-order valence-corrected chi connectivity index (χ4v) is 3.19. The number of methoxy groups -OCH3 is 1. The molecule has 0 N–H and O–H groups in total. The van der Waals surface area contributed by atoms with Gasteiger partial charge in [0.25, 0.3) is 0 Å². The molecular formula is C23H35N3O3. The summed E-state index contributed by atoms with van der Waals surface area (Å²) in [5, 5.41) is 5.30. The van der Waals surface area contributed by atoms with Gasteiger partial charge >= 0.3 is 0 Å². The van der Waals surface area contributed by atoms with Crippen molar-refractivity contribution in [2.75, 3.05) is 20.2 Å². The van der Waals surface area contributed by atoms with Gasteiger partial charge in [-0.2, -0.15) is 5.10 Å². The number of aromatic nitrogens is 2. The zero-order valence-electron chi connectivity index (χ0n) is 18.9. The lowest BCUT2D eigenvalue weighted by Gasteiger charge is -2.27. The SMILES string of the molecule is CCCN(CCC(C)(C)C)C(=O)Cn1nc(C(=O)C(C)C)c2ccc(OC)cc21. The van der Waals surface area contributed by atoms with Crippen LogP contribution in [0.25, 0.3) is 10.9 Å². The molecule has 0 aliphatic heterocycles. The van der Waals surface area contributed by atoms with E-state index in [0.717, 1.165) is 36.8 Å². The molecule has 0 saturated carbocycles. The lowest BCUT2D eigenvalue weighted by molar-refractivity contribution is -0.132. The summed E-state index contributed by atoms with van der Waals surface area (Å²) in [7, 11) is 1.60. The molecular weight excluding hydrogens is 366 g/mol. The highest BCUT2D eigenvalue weighted by molar-refractivity contribution is 6.07. The molecule has 6 nitrogen and oxygen atoms in total. The van der Waals surface area contributed by atoms with Crippen molar-refractivity contribution in [1.82, 2.24) is 14.7 Å². The Hall–Kier alpha value is -2.37. The van der Waals surface area contributed by atoms with E-state index in [4.69, 9.17) is 4.74 Å². The van der Waals surface area contributed by atoms with Gasteiger partial charge in [-0.25, -0.2) is 0 Å². The number of hydrogen-bond donors (Lipinski definition) is 0. The first kappa shape index (κ1) is 22.9. The normalized spacial score (nSPS) is 11.9. The highest BCUT2D eigenvalue weighted by Gasteiger charge is 2.23. The fraction of sp³-hybridized carbons (Fsp3) is 0.609. The van der Waals surface area contributed by atoms with Crippen molar-refractivity contribution in [2.45, 2.75) is 60.9 Å². The second-order valence-corrected chi connectivity index (χ2v) is 9.10. The molecule has 0 spiro atoms. The van der Waals surface area contributed by atoms with Crippen LogP contribution in [0.3, 0.4) is 0 Å². The molecule has 1 aromatic heterocycles. The summed E-state index contributed by atoms with van der Waals surface area (Å²) in [6.07, 6.45) is 1.84. The van der Waals surface area contributed by atoms with Crippen LogP contribution in [0.2, 0.25) is 0 Å². The second kappa shape index (κ2) is 9.42. The molecule has 1 heterocycles. The van der Waals surface area contributed by atoms with Crippen LogP contribution in [-0.4, -0.2) is 46.6 Å². The second-order valence-electron chi connectivity index (χ2n) is 9.10. The van der Waals surface area contributed by atoms with Crippen LogP contribution in [0.4, 0.5) is 0 Å². The number of benzene rings is 1. The van der Waals surface area contributed by atoms with E-state index in [-0.39, 0.29) is 29.6 Å². The van der Waals surface area contributed by atoms with Crippen LogP contribution >= 0.6 is 0 Å². The van der Waals surface area contributed by atoms with Crippen LogP contribution in [0.5, 0.6) is 5.75 Å². The number of hydrogen-bond acceptors (Lipinski definition) is 4. The number of carbonyl (C=O) groups excluding carboxylic acids is 2. The predicted molar refractivity (Wildman–Crippen MR) is 116 cm³/mol. The van der Waals surface area contributed by atoms with Crippen molar-refractivity contribution in [2.24, 2.45) is 11.3 Å². The lowest BCUT2D eigenvalue weighted by Crippen LogP contribution is -2.37. The molecule has 2 rings (SSSR count). The van der Waals surface area contributed by atoms with Gasteiger partial charge in [0, 0.05) is 30.5 Å². The van der Waals surface area contributed by atoms with Crippen LogP contribution in [0, 0.1) is 11.3 Å². The van der Waals surface area contributed by atoms with Crippen molar-refractivity contribution >= 4 is 22.6 Å². The van der Waals surface area contributed by atoms with Crippen LogP contribution in [-0.2, 0) is 11.3 Å². The standard InChI is InChI=1S/C23H35N3O3/c1-8-12-25(13-11-23(4,5)6)20(27)15-26-19-14-17(29-7)9-10-18(19)21(24-26)22(28)16(2)3/h9-10,14,16H,8,11-13,15H2,1-7H3. The third-order valence-electron chi connectivity index (χ3n) is 4.98. The monoisotopic (exact) mass is 401 g/mol. The van der Waals surface area contributed by atoms with Crippen LogP contribution in [0.1, 0.15) is 64.9 Å². The van der Waals surface area contributed by atoms with Crippen LogP contribution in [0.15, 0.2) is 18.2 Å². The molecule has 0 saturated heterocycles. The molecule has 0 aliphatic rings. The molecule has 1 aromatic carbocycles. The molecule has 0 aliphatic carbocycles. The van der Waals surface area contributed by atoms with Gasteiger partial charge in [0.05, 0.1) is 12.6 Å². The average Bonchev–Trinajstić information content (AvgIpc) is 3.00. The van der Waals surface area contributed by atoms with Gasteiger partial charge in [0.15, 0.2) is 5.78 Å². The minimum Gasteiger partial charge on any atom is -0.497 e. The average molecular weight is 402 g/mol. The number of amides is 1. The Morgan fingerprint density at radius 3 is 2.45 bits per heavy atom. The Bertz CT molecular complexity index is 862. The third-order valence-corrected chi connectivity index (χ3v) is 4.98. The first-order valence-electron chi connectivity index (χ1n) is 10.4. The summed E-state index contributed by atoms with van der Waals surface area (Å²) in [5.74, 6) is 0.506. The number of fused-ring (bicyclic) bond motifs is 1. The predicted octanol–water partition coefficient (Wildman–Crippen LogP) is 4.56. The van der Waals surface area contributed by atoms with Crippen molar-refractivity contribution in [3.63, 3.8) is 0 Å². The number of Topliss-reactive ketones (excluding diaryl/α,β-unsaturated/α-hetero) is 1. The Balaban J connectivity index is 2.37. The minimum absolute atomic E-state index is 0.0202. The molecule has 160 valence electrons. The smallest absolute Gasteiger partial charge is 0.244 e. The van der Waals surface area contributed by atoms with E-state index in [0.29, 0.717) is 11.4 Å². The number of ether oxygens (including phenoxy) is 1. The zero-order chi connectivity index (χ0) is 21.8. The highest BCUT2D eigenvalue weighted by atomic mass is 16.5. The first-order valence-corrected chi connectivity index (χ1v) is 10.4. The van der Waals surface area contributed by atoms with E-state index in [2.05, 4.69) is 32.8 Å². The van der Waals surface area contributed by atoms with Crippen molar-refractivity contribution < 1.29 is 14.3 Å². The van der Waals surface area contributed by atoms with Gasteiger partial charge in [-0.3, -0.25) is 14.3 Å². The van der Waals surface area contributed by atoms with Crippen molar-refractivity contribution in [1.29, 1.82) is 0 Å². The maximum absolute atomic E-state index is 13.1. The largest absolute Gasteiger partial charge is 0.497 e. The van der Waals surface area contributed by atoms with Gasteiger partial charge in [0.2, 0.25) is 5.91 Å². The molecule has 6 heteroatoms. The summed E-state index contributed by atoms with van der Waals surface area (Å²) < 4.78 is 6.99. The highest BCUT2D eigenvalue weighted by Crippen LogP contribution is 2.26. The summed E-state index contributed by atoms with van der Waals surface area (Å²) in [6, 6.07) is 5.51. The molecule has 29 heavy (non-hydrogen) atoms. The molecule has 2 aromatic rings. The Morgan fingerprint density at radius 2 is 1.90 bits per heavy atom. The van der Waals surface area contributed by atoms with Gasteiger partial charge in [-0.05, 0) is 30.4 Å². The number of carbonyl (C=O) groups is 2. The third kappa shape index (κ3) is 5.81. The van der Waals surface area contributed by atoms with E-state index in [1.54, 1.807) is 11.8 Å². The number of nitrogens with zero attached hydrogens (tertiary/aromatic N) is 3. The molecule has 0 bridgehead atoms. The lowest BCUT2D eigenvalue weighted by atomic mass is 9.92. The Morgan fingerprint density at radius 1 is 1.21 bits per heavy atom. The van der Waals surface area contributed by atoms with Crippen molar-refractivity contribution in [3.8, 4) is 5.75 Å². The number of rotatable bonds is 9. The topological polar surface area (TPSA) is 64.4 Å². The minimum atomic E-state index is -0.164. The van der Waals surface area contributed by atoms with E-state index >= 15 is 0 Å². The number of ketones is 1. The van der Waals surface area contributed by atoms with E-state index in [1.807, 2.05) is 36.9 Å². The van der Waals surface area contributed by atoms with Gasteiger partial charge < -0.3 is 9.64 Å². The summed E-state index contributed by atoms with van der Waals surface area (Å²) in [5.41, 5.74) is 1.32.